The van der Waals surface area contributed by atoms with E-state index in [1.165, 1.54) is 6.07 Å². The third kappa shape index (κ3) is 3.63. The molecule has 4 N–H and O–H groups in total. The average Bonchev–Trinajstić information content (AvgIpc) is 2.46. The normalized spacial score (nSPS) is 15.8. The Labute approximate surface area is 123 Å². The lowest BCUT2D eigenvalue weighted by atomic mass is 10.1. The molecule has 0 saturated carbocycles. The van der Waals surface area contributed by atoms with Crippen LogP contribution in [0.4, 0.5) is 5.69 Å². The van der Waals surface area contributed by atoms with Gasteiger partial charge in [-0.15, -0.1) is 0 Å². The topological polar surface area (TPSA) is 102 Å². The van der Waals surface area contributed by atoms with Crippen molar-refractivity contribution in [1.82, 2.24) is 9.80 Å². The Morgan fingerprint density at radius 1 is 1.24 bits per heavy atom. The van der Waals surface area contributed by atoms with Gasteiger partial charge in [-0.05, 0) is 19.2 Å². The van der Waals surface area contributed by atoms with Crippen molar-refractivity contribution in [2.45, 2.75) is 0 Å². The standard InChI is InChI=1S/C14H20N4O3/c1-17-5-7-18(8-6-17)12(19)9-21-13-10(14(16)20)3-2-4-11(13)15/h2-4H,5-9,15H2,1H3,(H2,16,20). The van der Waals surface area contributed by atoms with Gasteiger partial charge in [0.25, 0.3) is 11.8 Å². The fourth-order valence-electron chi connectivity index (χ4n) is 2.19. The summed E-state index contributed by atoms with van der Waals surface area (Å²) in [6.07, 6.45) is 0. The Balaban J connectivity index is 2.00. The van der Waals surface area contributed by atoms with Crippen LogP contribution in [0.1, 0.15) is 10.4 Å². The molecule has 1 aromatic carbocycles. The minimum atomic E-state index is -0.635. The number of piperazine rings is 1. The van der Waals surface area contributed by atoms with Crippen LogP contribution in [0.5, 0.6) is 5.75 Å². The summed E-state index contributed by atoms with van der Waals surface area (Å²) in [5.74, 6) is -0.585. The first-order chi connectivity index (χ1) is 9.99. The number of hydrogen-bond donors (Lipinski definition) is 2. The van der Waals surface area contributed by atoms with Gasteiger partial charge in [-0.25, -0.2) is 0 Å². The maximum atomic E-state index is 12.1. The zero-order valence-electron chi connectivity index (χ0n) is 12.0. The molecule has 0 unspecified atom stereocenters. The van der Waals surface area contributed by atoms with Crippen molar-refractivity contribution < 1.29 is 14.3 Å². The lowest BCUT2D eigenvalue weighted by Crippen LogP contribution is -2.48. The zero-order chi connectivity index (χ0) is 15.4. The fraction of sp³-hybridized carbons (Fsp3) is 0.429. The van der Waals surface area contributed by atoms with Crippen LogP contribution in [0.3, 0.4) is 0 Å². The van der Waals surface area contributed by atoms with E-state index in [-0.39, 0.29) is 29.5 Å². The number of likely N-dealkylation sites (N-methyl/N-ethyl adjacent to an activating group) is 1. The minimum absolute atomic E-state index is 0.123. The first kappa shape index (κ1) is 15.1. The number of carbonyl (C=O) groups excluding carboxylic acids is 2. The molecule has 7 heteroatoms. The molecule has 1 aromatic rings. The minimum Gasteiger partial charge on any atom is -0.481 e. The van der Waals surface area contributed by atoms with Crippen LogP contribution < -0.4 is 16.2 Å². The number of anilines is 1. The fourth-order valence-corrected chi connectivity index (χ4v) is 2.19. The second-order valence-corrected chi connectivity index (χ2v) is 5.06. The van der Waals surface area contributed by atoms with Crippen molar-refractivity contribution in [3.63, 3.8) is 0 Å². The van der Waals surface area contributed by atoms with Crippen molar-refractivity contribution in [2.75, 3.05) is 45.6 Å². The molecule has 0 bridgehead atoms. The predicted molar refractivity (Wildman–Crippen MR) is 78.9 cm³/mol. The maximum absolute atomic E-state index is 12.1. The number of nitrogen functional groups attached to an aromatic ring is 1. The third-order valence-electron chi connectivity index (χ3n) is 3.51. The van der Waals surface area contributed by atoms with Crippen LogP contribution in [0, 0.1) is 0 Å². The number of amides is 2. The molecule has 0 atom stereocenters. The van der Waals surface area contributed by atoms with Crippen molar-refractivity contribution in [3.8, 4) is 5.75 Å². The molecule has 2 amide bonds. The Morgan fingerprint density at radius 3 is 2.52 bits per heavy atom. The highest BCUT2D eigenvalue weighted by atomic mass is 16.5. The highest BCUT2D eigenvalue weighted by Gasteiger charge is 2.20. The molecule has 1 aliphatic rings. The number of nitrogens with zero attached hydrogens (tertiary/aromatic N) is 2. The lowest BCUT2D eigenvalue weighted by molar-refractivity contribution is -0.134. The van der Waals surface area contributed by atoms with Crippen molar-refractivity contribution in [1.29, 1.82) is 0 Å². The number of primary amides is 1. The van der Waals surface area contributed by atoms with E-state index in [0.717, 1.165) is 13.1 Å². The van der Waals surface area contributed by atoms with Gasteiger partial charge < -0.3 is 26.0 Å². The van der Waals surface area contributed by atoms with Gasteiger partial charge in [-0.2, -0.15) is 0 Å². The van der Waals surface area contributed by atoms with Crippen LogP contribution in [-0.4, -0.2) is 61.4 Å². The number of rotatable bonds is 4. The average molecular weight is 292 g/mol. The van der Waals surface area contributed by atoms with Crippen LogP contribution >= 0.6 is 0 Å². The van der Waals surface area contributed by atoms with Gasteiger partial charge >= 0.3 is 0 Å². The highest BCUT2D eigenvalue weighted by Crippen LogP contribution is 2.26. The summed E-state index contributed by atoms with van der Waals surface area (Å²) in [6, 6.07) is 4.74. The van der Waals surface area contributed by atoms with Crippen LogP contribution in [-0.2, 0) is 4.79 Å². The molecular weight excluding hydrogens is 272 g/mol. The van der Waals surface area contributed by atoms with E-state index in [1.54, 1.807) is 17.0 Å². The highest BCUT2D eigenvalue weighted by molar-refractivity contribution is 5.97. The van der Waals surface area contributed by atoms with Crippen molar-refractivity contribution >= 4 is 17.5 Å². The van der Waals surface area contributed by atoms with Gasteiger partial charge in [-0.1, -0.05) is 6.07 Å². The molecule has 0 aromatic heterocycles. The molecule has 2 rings (SSSR count). The zero-order valence-corrected chi connectivity index (χ0v) is 12.0. The van der Waals surface area contributed by atoms with Gasteiger partial charge in [0.05, 0.1) is 11.3 Å². The first-order valence-electron chi connectivity index (χ1n) is 6.76. The Kier molecular flexibility index (Phi) is 4.64. The number of para-hydroxylation sites is 1. The summed E-state index contributed by atoms with van der Waals surface area (Å²) < 4.78 is 5.44. The van der Waals surface area contributed by atoms with Crippen molar-refractivity contribution in [2.24, 2.45) is 5.73 Å². The van der Waals surface area contributed by atoms with Crippen molar-refractivity contribution in [3.05, 3.63) is 23.8 Å². The molecule has 1 saturated heterocycles. The van der Waals surface area contributed by atoms with Gasteiger partial charge in [-0.3, -0.25) is 9.59 Å². The molecule has 1 heterocycles. The Bertz CT molecular complexity index is 539. The molecule has 21 heavy (non-hydrogen) atoms. The second-order valence-electron chi connectivity index (χ2n) is 5.06. The number of ether oxygens (including phenoxy) is 1. The van der Waals surface area contributed by atoms with Gasteiger partial charge in [0.2, 0.25) is 0 Å². The first-order valence-corrected chi connectivity index (χ1v) is 6.76. The van der Waals surface area contributed by atoms with Crippen LogP contribution in [0.15, 0.2) is 18.2 Å². The summed E-state index contributed by atoms with van der Waals surface area (Å²) >= 11 is 0. The second kappa shape index (κ2) is 6.45. The quantitative estimate of drug-likeness (QED) is 0.730. The number of nitrogens with two attached hydrogens (primary N) is 2. The third-order valence-corrected chi connectivity index (χ3v) is 3.51. The van der Waals surface area contributed by atoms with Gasteiger partial charge in [0.15, 0.2) is 12.4 Å². The van der Waals surface area contributed by atoms with E-state index in [1.807, 2.05) is 7.05 Å². The maximum Gasteiger partial charge on any atom is 0.260 e. The number of benzene rings is 1. The number of carbonyl (C=O) groups is 2. The largest absolute Gasteiger partial charge is 0.481 e. The van der Waals surface area contributed by atoms with Gasteiger partial charge in [0, 0.05) is 26.2 Å². The van der Waals surface area contributed by atoms with E-state index in [4.69, 9.17) is 16.2 Å². The Morgan fingerprint density at radius 2 is 1.90 bits per heavy atom. The smallest absolute Gasteiger partial charge is 0.260 e. The molecule has 7 nitrogen and oxygen atoms in total. The lowest BCUT2D eigenvalue weighted by Gasteiger charge is -2.32. The monoisotopic (exact) mass is 292 g/mol. The molecule has 1 aliphatic heterocycles. The SMILES string of the molecule is CN1CCN(C(=O)COc2c(N)cccc2C(N)=O)CC1. The predicted octanol–water partition coefficient (Wildman–Crippen LogP) is -0.479. The summed E-state index contributed by atoms with van der Waals surface area (Å²) in [4.78, 5) is 27.3. The molecule has 0 aliphatic carbocycles. The molecule has 0 spiro atoms. The van der Waals surface area contributed by atoms with E-state index in [0.29, 0.717) is 13.1 Å². The summed E-state index contributed by atoms with van der Waals surface area (Å²) in [5.41, 5.74) is 11.5. The Hall–Kier alpha value is -2.28. The van der Waals surface area contributed by atoms with Crippen LogP contribution in [0.25, 0.3) is 0 Å². The molecule has 0 radical (unpaired) electrons. The van der Waals surface area contributed by atoms with Gasteiger partial charge in [0.1, 0.15) is 0 Å². The summed E-state index contributed by atoms with van der Waals surface area (Å²) in [7, 11) is 2.02. The van der Waals surface area contributed by atoms with E-state index >= 15 is 0 Å². The summed E-state index contributed by atoms with van der Waals surface area (Å²) in [6.45, 7) is 2.87. The molecular formula is C14H20N4O3. The molecule has 114 valence electrons. The number of hydrogen-bond acceptors (Lipinski definition) is 5. The van der Waals surface area contributed by atoms with E-state index < -0.39 is 5.91 Å². The summed E-state index contributed by atoms with van der Waals surface area (Å²) in [5, 5.41) is 0. The van der Waals surface area contributed by atoms with E-state index in [9.17, 15) is 9.59 Å². The van der Waals surface area contributed by atoms with E-state index in [2.05, 4.69) is 4.90 Å². The van der Waals surface area contributed by atoms with Crippen LogP contribution in [0.2, 0.25) is 0 Å². The molecule has 1 fully saturated rings.